The van der Waals surface area contributed by atoms with Gasteiger partial charge in [-0.15, -0.1) is 0 Å². The number of hydrogen-bond donors (Lipinski definition) is 1. The van der Waals surface area contributed by atoms with Crippen LogP contribution >= 0.6 is 0 Å². The van der Waals surface area contributed by atoms with Crippen LogP contribution in [0.4, 0.5) is 0 Å². The Labute approximate surface area is 197 Å². The molecule has 1 unspecified atom stereocenters. The summed E-state index contributed by atoms with van der Waals surface area (Å²) in [4.78, 5) is 27.7. The van der Waals surface area contributed by atoms with E-state index in [1.807, 2.05) is 6.92 Å². The third-order valence-electron chi connectivity index (χ3n) is 5.43. The summed E-state index contributed by atoms with van der Waals surface area (Å²) in [6.45, 7) is 6.26. The van der Waals surface area contributed by atoms with Gasteiger partial charge >= 0.3 is 0 Å². The molecule has 0 saturated carbocycles. The highest BCUT2D eigenvalue weighted by Gasteiger charge is 2.46. The SMILES string of the molecule is C=CCOc1ccc(C2C(=C(O)c3ccccc3)C(=O)C(=O)N2Cc2ccco2)cc1OCC. The number of furan rings is 1. The first-order valence-electron chi connectivity index (χ1n) is 10.9. The molecule has 2 heterocycles. The molecule has 0 bridgehead atoms. The molecular weight excluding hydrogens is 434 g/mol. The molecule has 0 aliphatic carbocycles. The molecule has 7 nitrogen and oxygen atoms in total. The highest BCUT2D eigenvalue weighted by molar-refractivity contribution is 6.46. The second-order valence-corrected chi connectivity index (χ2v) is 7.61. The van der Waals surface area contributed by atoms with Crippen molar-refractivity contribution in [3.05, 3.63) is 102 Å². The summed E-state index contributed by atoms with van der Waals surface area (Å²) in [5.41, 5.74) is 1.04. The largest absolute Gasteiger partial charge is 0.507 e. The molecule has 1 fully saturated rings. The van der Waals surface area contributed by atoms with Crippen molar-refractivity contribution in [3.63, 3.8) is 0 Å². The summed E-state index contributed by atoms with van der Waals surface area (Å²) in [5, 5.41) is 11.1. The minimum Gasteiger partial charge on any atom is -0.507 e. The van der Waals surface area contributed by atoms with Gasteiger partial charge in [0.2, 0.25) is 0 Å². The molecule has 2 aromatic carbocycles. The number of rotatable bonds is 9. The molecule has 0 spiro atoms. The number of ether oxygens (including phenoxy) is 2. The topological polar surface area (TPSA) is 89.2 Å². The van der Waals surface area contributed by atoms with Crippen molar-refractivity contribution >= 4 is 17.4 Å². The smallest absolute Gasteiger partial charge is 0.296 e. The van der Waals surface area contributed by atoms with Crippen molar-refractivity contribution in [1.82, 2.24) is 4.90 Å². The van der Waals surface area contributed by atoms with Crippen LogP contribution in [-0.4, -0.2) is 34.9 Å². The summed E-state index contributed by atoms with van der Waals surface area (Å²) >= 11 is 0. The van der Waals surface area contributed by atoms with Gasteiger partial charge < -0.3 is 23.9 Å². The van der Waals surface area contributed by atoms with Crippen molar-refractivity contribution in [2.75, 3.05) is 13.2 Å². The fraction of sp³-hybridized carbons (Fsp3) is 0.185. The second kappa shape index (κ2) is 10.1. The maximum Gasteiger partial charge on any atom is 0.296 e. The minimum absolute atomic E-state index is 0.00460. The van der Waals surface area contributed by atoms with E-state index in [9.17, 15) is 14.7 Å². The first-order chi connectivity index (χ1) is 16.5. The summed E-state index contributed by atoms with van der Waals surface area (Å²) < 4.78 is 16.9. The predicted octanol–water partition coefficient (Wildman–Crippen LogP) is 4.87. The zero-order valence-corrected chi connectivity index (χ0v) is 18.8. The van der Waals surface area contributed by atoms with Gasteiger partial charge in [-0.05, 0) is 36.8 Å². The van der Waals surface area contributed by atoms with Crippen LogP contribution in [0.5, 0.6) is 11.5 Å². The van der Waals surface area contributed by atoms with E-state index in [4.69, 9.17) is 13.9 Å². The molecule has 4 rings (SSSR count). The lowest BCUT2D eigenvalue weighted by molar-refractivity contribution is -0.140. The molecule has 1 N–H and O–H groups in total. The molecule has 174 valence electrons. The van der Waals surface area contributed by atoms with Crippen LogP contribution in [0.25, 0.3) is 5.76 Å². The maximum atomic E-state index is 13.2. The van der Waals surface area contributed by atoms with Gasteiger partial charge in [0.1, 0.15) is 18.1 Å². The Morgan fingerprint density at radius 1 is 1.09 bits per heavy atom. The van der Waals surface area contributed by atoms with Gasteiger partial charge in [-0.3, -0.25) is 9.59 Å². The van der Waals surface area contributed by atoms with Gasteiger partial charge in [-0.2, -0.15) is 0 Å². The van der Waals surface area contributed by atoms with Gasteiger partial charge in [0.05, 0.1) is 31.0 Å². The number of aliphatic hydroxyl groups excluding tert-OH is 1. The third-order valence-corrected chi connectivity index (χ3v) is 5.43. The van der Waals surface area contributed by atoms with E-state index in [0.29, 0.717) is 41.6 Å². The quantitative estimate of drug-likeness (QED) is 0.213. The molecule has 1 aliphatic rings. The van der Waals surface area contributed by atoms with Crippen molar-refractivity contribution in [3.8, 4) is 11.5 Å². The van der Waals surface area contributed by atoms with E-state index in [2.05, 4.69) is 6.58 Å². The number of carbonyl (C=O) groups excluding carboxylic acids is 2. The van der Waals surface area contributed by atoms with Crippen LogP contribution < -0.4 is 9.47 Å². The summed E-state index contributed by atoms with van der Waals surface area (Å²) in [6, 6.07) is 16.5. The van der Waals surface area contributed by atoms with Gasteiger partial charge in [-0.1, -0.05) is 49.1 Å². The third kappa shape index (κ3) is 4.45. The van der Waals surface area contributed by atoms with Gasteiger partial charge in [0, 0.05) is 5.56 Å². The van der Waals surface area contributed by atoms with E-state index >= 15 is 0 Å². The number of hydrogen-bond acceptors (Lipinski definition) is 6. The zero-order chi connectivity index (χ0) is 24.1. The lowest BCUT2D eigenvalue weighted by atomic mass is 9.95. The fourth-order valence-electron chi connectivity index (χ4n) is 3.94. The van der Waals surface area contributed by atoms with Crippen LogP contribution in [0, 0.1) is 0 Å². The van der Waals surface area contributed by atoms with Gasteiger partial charge in [-0.25, -0.2) is 0 Å². The number of amides is 1. The number of aliphatic hydroxyl groups is 1. The number of likely N-dealkylation sites (tertiary alicyclic amines) is 1. The highest BCUT2D eigenvalue weighted by atomic mass is 16.5. The van der Waals surface area contributed by atoms with Gasteiger partial charge in [0.15, 0.2) is 11.5 Å². The number of nitrogens with zero attached hydrogens (tertiary/aromatic N) is 1. The van der Waals surface area contributed by atoms with E-state index in [1.54, 1.807) is 66.7 Å². The Bertz CT molecular complexity index is 1210. The van der Waals surface area contributed by atoms with E-state index in [-0.39, 0.29) is 17.9 Å². The zero-order valence-electron chi connectivity index (χ0n) is 18.8. The molecule has 3 aromatic rings. The van der Waals surface area contributed by atoms with Gasteiger partial charge in [0.25, 0.3) is 11.7 Å². The van der Waals surface area contributed by atoms with Crippen molar-refractivity contribution in [2.45, 2.75) is 19.5 Å². The van der Waals surface area contributed by atoms with Crippen molar-refractivity contribution in [2.24, 2.45) is 0 Å². The molecule has 0 radical (unpaired) electrons. The first-order valence-corrected chi connectivity index (χ1v) is 10.9. The highest BCUT2D eigenvalue weighted by Crippen LogP contribution is 2.42. The number of carbonyl (C=O) groups is 2. The van der Waals surface area contributed by atoms with Crippen LogP contribution in [-0.2, 0) is 16.1 Å². The molecule has 1 atom stereocenters. The lowest BCUT2D eigenvalue weighted by Crippen LogP contribution is -2.29. The Hall–Kier alpha value is -4.26. The van der Waals surface area contributed by atoms with Crippen LogP contribution in [0.3, 0.4) is 0 Å². The van der Waals surface area contributed by atoms with E-state index in [1.165, 1.54) is 11.2 Å². The fourth-order valence-corrected chi connectivity index (χ4v) is 3.94. The number of benzene rings is 2. The predicted molar refractivity (Wildman–Crippen MR) is 126 cm³/mol. The van der Waals surface area contributed by atoms with Crippen LogP contribution in [0.15, 0.2) is 89.6 Å². The standard InChI is InChI=1S/C27H25NO6/c1-3-14-34-21-13-12-19(16-22(21)32-4-2)24-23(25(29)18-9-6-5-7-10-18)26(30)27(31)28(24)17-20-11-8-15-33-20/h3,5-13,15-16,24,29H,1,4,14,17H2,2H3. The summed E-state index contributed by atoms with van der Waals surface area (Å²) in [6.07, 6.45) is 3.13. The Morgan fingerprint density at radius 3 is 2.56 bits per heavy atom. The maximum absolute atomic E-state index is 13.2. The summed E-state index contributed by atoms with van der Waals surface area (Å²) in [7, 11) is 0. The van der Waals surface area contributed by atoms with Crippen molar-refractivity contribution in [1.29, 1.82) is 0 Å². The Balaban J connectivity index is 1.86. The molecule has 1 aliphatic heterocycles. The van der Waals surface area contributed by atoms with Crippen molar-refractivity contribution < 1.29 is 28.6 Å². The molecular formula is C27H25NO6. The number of Topliss-reactive ketones (excluding diaryl/α,β-unsaturated/α-hetero) is 1. The average molecular weight is 459 g/mol. The Morgan fingerprint density at radius 2 is 1.88 bits per heavy atom. The van der Waals surface area contributed by atoms with Crippen LogP contribution in [0.1, 0.15) is 29.9 Å². The van der Waals surface area contributed by atoms with E-state index < -0.39 is 17.7 Å². The summed E-state index contributed by atoms with van der Waals surface area (Å²) in [5.74, 6) is -0.230. The average Bonchev–Trinajstić information content (AvgIpc) is 3.46. The lowest BCUT2D eigenvalue weighted by Gasteiger charge is -2.25. The molecule has 1 amide bonds. The van der Waals surface area contributed by atoms with E-state index in [0.717, 1.165) is 0 Å². The normalized spacial score (nSPS) is 17.1. The monoisotopic (exact) mass is 459 g/mol. The first kappa shape index (κ1) is 22.9. The molecule has 1 aromatic heterocycles. The molecule has 1 saturated heterocycles. The minimum atomic E-state index is -0.849. The molecule has 7 heteroatoms. The number of ketones is 1. The van der Waals surface area contributed by atoms with Crippen LogP contribution in [0.2, 0.25) is 0 Å². The Kier molecular flexibility index (Phi) is 6.82. The second-order valence-electron chi connectivity index (χ2n) is 7.61. The molecule has 34 heavy (non-hydrogen) atoms.